The fraction of sp³-hybridized carbons (Fsp3) is 0.238. The van der Waals surface area contributed by atoms with E-state index >= 15 is 0 Å². The Kier molecular flexibility index (Phi) is 8.99. The molecule has 0 atom stereocenters. The molecule has 2 amide bonds. The van der Waals surface area contributed by atoms with Gasteiger partial charge in [-0.05, 0) is 12.1 Å². The van der Waals surface area contributed by atoms with Crippen LogP contribution >= 0.6 is 0 Å². The second-order valence-corrected chi connectivity index (χ2v) is 7.13. The average molecular weight is 550 g/mol. The summed E-state index contributed by atoms with van der Waals surface area (Å²) in [6.07, 6.45) is -9.54. The third-order valence-electron chi connectivity index (χ3n) is 4.75. The van der Waals surface area contributed by atoms with E-state index in [1.165, 1.54) is 0 Å². The third kappa shape index (κ3) is 6.74. The Morgan fingerprint density at radius 3 is 1.79 bits per heavy atom. The molecule has 38 heavy (non-hydrogen) atoms. The van der Waals surface area contributed by atoms with Gasteiger partial charge in [0.15, 0.2) is 5.69 Å². The van der Waals surface area contributed by atoms with Crippen molar-refractivity contribution in [1.82, 2.24) is 0 Å². The predicted molar refractivity (Wildman–Crippen MR) is 119 cm³/mol. The molecule has 17 heteroatoms. The molecular formula is C21H16F6N4O7. The maximum Gasteiger partial charge on any atom is 0.471 e. The summed E-state index contributed by atoms with van der Waals surface area (Å²) < 4.78 is 84.3. The van der Waals surface area contributed by atoms with Gasteiger partial charge in [-0.2, -0.15) is 26.3 Å². The average Bonchev–Trinajstić information content (AvgIpc) is 2.84. The van der Waals surface area contributed by atoms with Crippen molar-refractivity contribution >= 4 is 34.6 Å². The lowest BCUT2D eigenvalue weighted by molar-refractivity contribution is -0.384. The van der Waals surface area contributed by atoms with Crippen molar-refractivity contribution in [3.8, 4) is 5.75 Å². The molecule has 204 valence electrons. The van der Waals surface area contributed by atoms with E-state index in [0.29, 0.717) is 0 Å². The van der Waals surface area contributed by atoms with Crippen molar-refractivity contribution in [2.45, 2.75) is 12.4 Å². The van der Waals surface area contributed by atoms with Gasteiger partial charge in [0, 0.05) is 25.2 Å². The molecule has 0 fully saturated rings. The number of rotatable bonds is 9. The van der Waals surface area contributed by atoms with E-state index in [-0.39, 0.29) is 9.80 Å². The number of para-hydroxylation sites is 3. The van der Waals surface area contributed by atoms with Crippen LogP contribution in [0.4, 0.5) is 49.1 Å². The van der Waals surface area contributed by atoms with Crippen LogP contribution in [0.25, 0.3) is 0 Å². The number of benzene rings is 2. The summed E-state index contributed by atoms with van der Waals surface area (Å²) in [5.74, 6) is -5.56. The van der Waals surface area contributed by atoms with Gasteiger partial charge in [0.2, 0.25) is 0 Å². The van der Waals surface area contributed by atoms with Gasteiger partial charge in [0.05, 0.1) is 17.0 Å². The monoisotopic (exact) mass is 550 g/mol. The maximum atomic E-state index is 13.3. The number of nitrogens with zero attached hydrogens (tertiary/aromatic N) is 4. The minimum Gasteiger partial charge on any atom is -0.494 e. The number of ether oxygens (including phenoxy) is 1. The van der Waals surface area contributed by atoms with Crippen molar-refractivity contribution in [1.29, 1.82) is 0 Å². The molecule has 2 rings (SSSR count). The standard InChI is InChI=1S/C21H16F6N4O7/c1-38-16-10-6-9-15(31(36)37)17(16)29(19(33)21(25,26)27)12-5-4-11-28(18(32)20(22,23)24)13-7-2-3-8-14(13)30(34)35/h2-10H,11-12H2,1H3/b5-4+. The van der Waals surface area contributed by atoms with E-state index < -0.39 is 75.6 Å². The van der Waals surface area contributed by atoms with Crippen LogP contribution in [0, 0.1) is 20.2 Å². The first-order chi connectivity index (χ1) is 17.6. The number of hydrogen-bond donors (Lipinski definition) is 0. The van der Waals surface area contributed by atoms with Crippen molar-refractivity contribution < 1.29 is 50.5 Å². The van der Waals surface area contributed by atoms with Crippen LogP contribution in [-0.4, -0.2) is 54.2 Å². The molecule has 2 aromatic carbocycles. The third-order valence-corrected chi connectivity index (χ3v) is 4.75. The molecule has 0 N–H and O–H groups in total. The van der Waals surface area contributed by atoms with Gasteiger partial charge in [0.1, 0.15) is 11.4 Å². The molecule has 0 bridgehead atoms. The summed E-state index contributed by atoms with van der Waals surface area (Å²) in [6, 6.07) is 6.87. The van der Waals surface area contributed by atoms with E-state index in [2.05, 4.69) is 0 Å². The highest BCUT2D eigenvalue weighted by atomic mass is 19.4. The van der Waals surface area contributed by atoms with Gasteiger partial charge in [-0.3, -0.25) is 39.6 Å². The first-order valence-corrected chi connectivity index (χ1v) is 10.1. The van der Waals surface area contributed by atoms with Crippen molar-refractivity contribution in [3.63, 3.8) is 0 Å². The van der Waals surface area contributed by atoms with Gasteiger partial charge in [0.25, 0.3) is 11.4 Å². The number of nitro groups is 2. The summed E-state index contributed by atoms with van der Waals surface area (Å²) in [5.41, 5.74) is -3.44. The topological polar surface area (TPSA) is 136 Å². The molecule has 2 aromatic rings. The molecule has 0 heterocycles. The minimum absolute atomic E-state index is 0.0316. The number of halogens is 6. The lowest BCUT2D eigenvalue weighted by Crippen LogP contribution is -2.42. The fourth-order valence-corrected chi connectivity index (χ4v) is 3.17. The highest BCUT2D eigenvalue weighted by Gasteiger charge is 2.46. The Morgan fingerprint density at radius 1 is 0.816 bits per heavy atom. The zero-order valence-corrected chi connectivity index (χ0v) is 19.0. The highest BCUT2D eigenvalue weighted by molar-refractivity contribution is 6.01. The van der Waals surface area contributed by atoms with Gasteiger partial charge in [-0.25, -0.2) is 0 Å². The van der Waals surface area contributed by atoms with Crippen molar-refractivity contribution in [3.05, 3.63) is 74.8 Å². The number of amides is 2. The van der Waals surface area contributed by atoms with Crippen LogP contribution in [0.1, 0.15) is 0 Å². The molecule has 0 aliphatic rings. The second-order valence-electron chi connectivity index (χ2n) is 7.13. The normalized spacial score (nSPS) is 11.8. The molecule has 0 saturated carbocycles. The fourth-order valence-electron chi connectivity index (χ4n) is 3.17. The smallest absolute Gasteiger partial charge is 0.471 e. The zero-order chi connectivity index (χ0) is 28.8. The van der Waals surface area contributed by atoms with Crippen LogP contribution in [-0.2, 0) is 9.59 Å². The summed E-state index contributed by atoms with van der Waals surface area (Å²) in [5, 5.41) is 22.6. The number of carbonyl (C=O) groups excluding carboxylic acids is 2. The van der Waals surface area contributed by atoms with Crippen LogP contribution in [0.5, 0.6) is 5.75 Å². The van der Waals surface area contributed by atoms with Crippen LogP contribution < -0.4 is 14.5 Å². The van der Waals surface area contributed by atoms with E-state index in [4.69, 9.17) is 4.74 Å². The van der Waals surface area contributed by atoms with E-state index in [0.717, 1.165) is 61.7 Å². The molecule has 0 aliphatic heterocycles. The second kappa shape index (κ2) is 11.6. The van der Waals surface area contributed by atoms with Gasteiger partial charge >= 0.3 is 24.2 Å². The number of hydrogen-bond acceptors (Lipinski definition) is 7. The van der Waals surface area contributed by atoms with Crippen LogP contribution in [0.2, 0.25) is 0 Å². The Bertz CT molecular complexity index is 1260. The van der Waals surface area contributed by atoms with Gasteiger partial charge < -0.3 is 4.74 Å². The number of alkyl halides is 6. The first kappa shape index (κ1) is 29.5. The maximum absolute atomic E-state index is 13.3. The Labute approximate surface area is 208 Å². The Balaban J connectivity index is 2.51. The van der Waals surface area contributed by atoms with Crippen LogP contribution in [0.3, 0.4) is 0 Å². The molecule has 0 spiro atoms. The summed E-state index contributed by atoms with van der Waals surface area (Å²) >= 11 is 0. The van der Waals surface area contributed by atoms with E-state index in [9.17, 15) is 56.2 Å². The summed E-state index contributed by atoms with van der Waals surface area (Å²) in [4.78, 5) is 44.5. The molecule has 0 aliphatic carbocycles. The predicted octanol–water partition coefficient (Wildman–Crippen LogP) is 4.56. The quantitative estimate of drug-likeness (QED) is 0.193. The van der Waals surface area contributed by atoms with Crippen molar-refractivity contribution in [2.24, 2.45) is 0 Å². The number of nitro benzene ring substituents is 2. The Hall–Kier alpha value is -4.70. The minimum atomic E-state index is -5.52. The lowest BCUT2D eigenvalue weighted by Gasteiger charge is -2.24. The number of methoxy groups -OCH3 is 1. The number of anilines is 2. The summed E-state index contributed by atoms with van der Waals surface area (Å²) in [7, 11) is 0.974. The Morgan fingerprint density at radius 2 is 1.29 bits per heavy atom. The molecule has 0 unspecified atom stereocenters. The first-order valence-electron chi connectivity index (χ1n) is 10.1. The molecule has 0 saturated heterocycles. The largest absolute Gasteiger partial charge is 0.494 e. The van der Waals surface area contributed by atoms with Gasteiger partial charge in [-0.1, -0.05) is 30.4 Å². The van der Waals surface area contributed by atoms with Crippen LogP contribution in [0.15, 0.2) is 54.6 Å². The summed E-state index contributed by atoms with van der Waals surface area (Å²) in [6.45, 7) is -2.09. The molecule has 0 aromatic heterocycles. The van der Waals surface area contributed by atoms with E-state index in [1.54, 1.807) is 0 Å². The highest BCUT2D eigenvalue weighted by Crippen LogP contribution is 2.39. The van der Waals surface area contributed by atoms with Gasteiger partial charge in [-0.15, -0.1) is 0 Å². The lowest BCUT2D eigenvalue weighted by atomic mass is 10.2. The zero-order valence-electron chi connectivity index (χ0n) is 19.0. The molecular weight excluding hydrogens is 534 g/mol. The number of carbonyl (C=O) groups is 2. The molecule has 0 radical (unpaired) electrons. The van der Waals surface area contributed by atoms with E-state index in [1.807, 2.05) is 0 Å². The van der Waals surface area contributed by atoms with Crippen molar-refractivity contribution in [2.75, 3.05) is 30.0 Å². The molecule has 11 nitrogen and oxygen atoms in total. The SMILES string of the molecule is COc1cccc([N+](=O)[O-])c1N(C/C=C/CN(C(=O)C(F)(F)F)c1ccccc1[N+](=O)[O-])C(=O)C(F)(F)F.